The zero-order valence-electron chi connectivity index (χ0n) is 11.6. The molecule has 0 aromatic heterocycles. The second kappa shape index (κ2) is 8.07. The Morgan fingerprint density at radius 3 is 2.21 bits per heavy atom. The van der Waals surface area contributed by atoms with Crippen LogP contribution in [0.3, 0.4) is 0 Å². The Morgan fingerprint density at radius 1 is 1.05 bits per heavy atom. The first-order valence-corrected chi connectivity index (χ1v) is 6.48. The van der Waals surface area contributed by atoms with Crippen molar-refractivity contribution in [1.29, 1.82) is 0 Å². The summed E-state index contributed by atoms with van der Waals surface area (Å²) in [5.74, 6) is 0.188. The van der Waals surface area contributed by atoms with Crippen LogP contribution in [0.2, 0.25) is 0 Å². The van der Waals surface area contributed by atoms with E-state index in [2.05, 4.69) is 36.1 Å². The SMILES string of the molecule is CC(C)NCC(C)NCc1ccc(OC(F)F)cc1. The van der Waals surface area contributed by atoms with Crippen LogP contribution in [0.1, 0.15) is 26.3 Å². The minimum absolute atomic E-state index is 0.188. The van der Waals surface area contributed by atoms with Gasteiger partial charge in [-0.3, -0.25) is 0 Å². The lowest BCUT2D eigenvalue weighted by atomic mass is 10.2. The quantitative estimate of drug-likeness (QED) is 0.763. The van der Waals surface area contributed by atoms with Crippen molar-refractivity contribution >= 4 is 0 Å². The van der Waals surface area contributed by atoms with Gasteiger partial charge in [0.2, 0.25) is 0 Å². The molecule has 1 aromatic carbocycles. The van der Waals surface area contributed by atoms with Gasteiger partial charge in [0.1, 0.15) is 5.75 Å². The van der Waals surface area contributed by atoms with E-state index in [1.165, 1.54) is 0 Å². The van der Waals surface area contributed by atoms with Crippen LogP contribution < -0.4 is 15.4 Å². The fourth-order valence-corrected chi connectivity index (χ4v) is 1.57. The van der Waals surface area contributed by atoms with Crippen molar-refractivity contribution in [3.05, 3.63) is 29.8 Å². The first kappa shape index (κ1) is 15.9. The molecular formula is C14H22F2N2O. The summed E-state index contributed by atoms with van der Waals surface area (Å²) < 4.78 is 28.3. The number of alkyl halides is 2. The summed E-state index contributed by atoms with van der Waals surface area (Å²) in [5, 5.41) is 6.71. The minimum Gasteiger partial charge on any atom is -0.435 e. The van der Waals surface area contributed by atoms with Gasteiger partial charge >= 0.3 is 6.61 Å². The third kappa shape index (κ3) is 7.08. The molecule has 19 heavy (non-hydrogen) atoms. The van der Waals surface area contributed by atoms with Gasteiger partial charge in [-0.15, -0.1) is 0 Å². The van der Waals surface area contributed by atoms with Crippen LogP contribution in [-0.4, -0.2) is 25.2 Å². The number of hydrogen-bond acceptors (Lipinski definition) is 3. The van der Waals surface area contributed by atoms with Crippen LogP contribution in [0.4, 0.5) is 8.78 Å². The third-order valence-electron chi connectivity index (χ3n) is 2.64. The van der Waals surface area contributed by atoms with Gasteiger partial charge in [-0.05, 0) is 24.6 Å². The Labute approximate surface area is 113 Å². The Hall–Kier alpha value is -1.20. The zero-order chi connectivity index (χ0) is 14.3. The highest BCUT2D eigenvalue weighted by Gasteiger charge is 2.05. The second-order valence-corrected chi connectivity index (χ2v) is 4.87. The lowest BCUT2D eigenvalue weighted by Gasteiger charge is -2.16. The summed E-state index contributed by atoms with van der Waals surface area (Å²) in [6.45, 7) is 5.14. The first-order valence-electron chi connectivity index (χ1n) is 6.48. The Morgan fingerprint density at radius 2 is 1.68 bits per heavy atom. The third-order valence-corrected chi connectivity index (χ3v) is 2.64. The van der Waals surface area contributed by atoms with Crippen molar-refractivity contribution in [3.8, 4) is 5.75 Å². The molecule has 0 aliphatic heterocycles. The maximum atomic E-state index is 12.0. The molecule has 1 unspecified atom stereocenters. The highest BCUT2D eigenvalue weighted by Crippen LogP contribution is 2.14. The normalized spacial score (nSPS) is 13.0. The molecule has 5 heteroatoms. The van der Waals surface area contributed by atoms with E-state index in [9.17, 15) is 8.78 Å². The molecule has 0 aliphatic rings. The van der Waals surface area contributed by atoms with Gasteiger partial charge in [0.25, 0.3) is 0 Å². The standard InChI is InChI=1S/C14H22F2N2O/c1-10(2)17-8-11(3)18-9-12-4-6-13(7-5-12)19-14(15)16/h4-7,10-11,14,17-18H,8-9H2,1-3H3. The molecule has 0 saturated carbocycles. The van der Waals surface area contributed by atoms with E-state index in [-0.39, 0.29) is 5.75 Å². The predicted octanol–water partition coefficient (Wildman–Crippen LogP) is 2.76. The van der Waals surface area contributed by atoms with Gasteiger partial charge in [-0.2, -0.15) is 8.78 Å². The van der Waals surface area contributed by atoms with Gasteiger partial charge in [0, 0.05) is 25.2 Å². The number of hydrogen-bond donors (Lipinski definition) is 2. The fourth-order valence-electron chi connectivity index (χ4n) is 1.57. The van der Waals surface area contributed by atoms with Crippen molar-refractivity contribution < 1.29 is 13.5 Å². The largest absolute Gasteiger partial charge is 0.435 e. The van der Waals surface area contributed by atoms with Crippen LogP contribution in [0.15, 0.2) is 24.3 Å². The molecule has 0 saturated heterocycles. The van der Waals surface area contributed by atoms with Crippen LogP contribution in [-0.2, 0) is 6.54 Å². The molecular weight excluding hydrogens is 250 g/mol. The topological polar surface area (TPSA) is 33.3 Å². The van der Waals surface area contributed by atoms with Crippen LogP contribution in [0.5, 0.6) is 5.75 Å². The monoisotopic (exact) mass is 272 g/mol. The van der Waals surface area contributed by atoms with Crippen molar-refractivity contribution in [2.45, 2.75) is 46.0 Å². The summed E-state index contributed by atoms with van der Waals surface area (Å²) in [4.78, 5) is 0. The van der Waals surface area contributed by atoms with E-state index in [1.807, 2.05) is 0 Å². The van der Waals surface area contributed by atoms with Crippen molar-refractivity contribution in [2.24, 2.45) is 0 Å². The molecule has 0 aliphatic carbocycles. The summed E-state index contributed by atoms with van der Waals surface area (Å²) in [6, 6.07) is 7.50. The average molecular weight is 272 g/mol. The van der Waals surface area contributed by atoms with Crippen LogP contribution in [0, 0.1) is 0 Å². The molecule has 108 valence electrons. The van der Waals surface area contributed by atoms with Gasteiger partial charge in [-0.1, -0.05) is 26.0 Å². The molecule has 0 radical (unpaired) electrons. The molecule has 0 heterocycles. The molecule has 1 rings (SSSR count). The van der Waals surface area contributed by atoms with Gasteiger partial charge in [-0.25, -0.2) is 0 Å². The van der Waals surface area contributed by atoms with Crippen LogP contribution in [0.25, 0.3) is 0 Å². The van der Waals surface area contributed by atoms with E-state index < -0.39 is 6.61 Å². The lowest BCUT2D eigenvalue weighted by Crippen LogP contribution is -2.38. The molecule has 3 nitrogen and oxygen atoms in total. The molecule has 0 amide bonds. The van der Waals surface area contributed by atoms with Gasteiger partial charge in [0.15, 0.2) is 0 Å². The number of benzene rings is 1. The summed E-state index contributed by atoms with van der Waals surface area (Å²) >= 11 is 0. The summed E-state index contributed by atoms with van der Waals surface area (Å²) in [6.07, 6.45) is 0. The van der Waals surface area contributed by atoms with E-state index in [0.717, 1.165) is 12.1 Å². The molecule has 2 N–H and O–H groups in total. The van der Waals surface area contributed by atoms with Crippen molar-refractivity contribution in [1.82, 2.24) is 10.6 Å². The van der Waals surface area contributed by atoms with Crippen molar-refractivity contribution in [2.75, 3.05) is 6.54 Å². The van der Waals surface area contributed by atoms with Crippen molar-refractivity contribution in [3.63, 3.8) is 0 Å². The second-order valence-electron chi connectivity index (χ2n) is 4.87. The number of halogens is 2. The molecule has 1 atom stereocenters. The highest BCUT2D eigenvalue weighted by atomic mass is 19.3. The summed E-state index contributed by atoms with van der Waals surface area (Å²) in [7, 11) is 0. The zero-order valence-corrected chi connectivity index (χ0v) is 11.6. The fraction of sp³-hybridized carbons (Fsp3) is 0.571. The predicted molar refractivity (Wildman–Crippen MR) is 72.5 cm³/mol. The Balaban J connectivity index is 2.33. The molecule has 0 fully saturated rings. The van der Waals surface area contributed by atoms with Gasteiger partial charge in [0.05, 0.1) is 0 Å². The highest BCUT2D eigenvalue weighted by molar-refractivity contribution is 5.27. The smallest absolute Gasteiger partial charge is 0.387 e. The van der Waals surface area contributed by atoms with Gasteiger partial charge < -0.3 is 15.4 Å². The van der Waals surface area contributed by atoms with E-state index in [4.69, 9.17) is 0 Å². The molecule has 1 aromatic rings. The van der Waals surface area contributed by atoms with Crippen LogP contribution >= 0.6 is 0 Å². The lowest BCUT2D eigenvalue weighted by molar-refractivity contribution is -0.0498. The number of nitrogens with one attached hydrogen (secondary N) is 2. The summed E-state index contributed by atoms with van der Waals surface area (Å²) in [5.41, 5.74) is 1.04. The number of rotatable bonds is 8. The maximum absolute atomic E-state index is 12.0. The van der Waals surface area contributed by atoms with E-state index >= 15 is 0 Å². The Bertz CT molecular complexity index is 355. The minimum atomic E-state index is -2.77. The maximum Gasteiger partial charge on any atom is 0.387 e. The molecule has 0 spiro atoms. The molecule has 0 bridgehead atoms. The Kier molecular flexibility index (Phi) is 6.73. The number of ether oxygens (including phenoxy) is 1. The average Bonchev–Trinajstić information content (AvgIpc) is 2.35. The van der Waals surface area contributed by atoms with E-state index in [0.29, 0.717) is 18.6 Å². The van der Waals surface area contributed by atoms with E-state index in [1.54, 1.807) is 24.3 Å². The first-order chi connectivity index (χ1) is 8.97.